The largest absolute Gasteiger partial charge is 0.380 e. The second-order valence-electron chi connectivity index (χ2n) is 5.54. The van der Waals surface area contributed by atoms with Gasteiger partial charge in [-0.05, 0) is 25.2 Å². The minimum Gasteiger partial charge on any atom is -0.380 e. The highest BCUT2D eigenvalue weighted by atomic mass is 16.5. The van der Waals surface area contributed by atoms with E-state index in [9.17, 15) is 4.79 Å². The van der Waals surface area contributed by atoms with E-state index in [0.717, 1.165) is 32.4 Å². The molecule has 2 aliphatic heterocycles. The summed E-state index contributed by atoms with van der Waals surface area (Å²) >= 11 is 0. The highest BCUT2D eigenvalue weighted by Gasteiger charge is 2.37. The maximum absolute atomic E-state index is 12.4. The van der Waals surface area contributed by atoms with E-state index in [1.165, 1.54) is 0 Å². The van der Waals surface area contributed by atoms with E-state index >= 15 is 0 Å². The summed E-state index contributed by atoms with van der Waals surface area (Å²) in [6.45, 7) is 6.14. The summed E-state index contributed by atoms with van der Waals surface area (Å²) in [5.41, 5.74) is 0. The number of nitrogens with zero attached hydrogens (tertiary/aromatic N) is 1. The van der Waals surface area contributed by atoms with Crippen molar-refractivity contribution in [3.63, 3.8) is 0 Å². The van der Waals surface area contributed by atoms with E-state index in [0.29, 0.717) is 12.0 Å². The van der Waals surface area contributed by atoms with Crippen LogP contribution in [-0.4, -0.2) is 49.2 Å². The Hall–Kier alpha value is -0.610. The van der Waals surface area contributed by atoms with Gasteiger partial charge in [-0.15, -0.1) is 0 Å². The number of carbonyl (C=O) groups excluding carboxylic acids is 1. The quantitative estimate of drug-likeness (QED) is 0.800. The number of ether oxygens (including phenoxy) is 1. The molecule has 0 aliphatic carbocycles. The van der Waals surface area contributed by atoms with Gasteiger partial charge in [0.1, 0.15) is 0 Å². The average Bonchev–Trinajstić information content (AvgIpc) is 2.97. The van der Waals surface area contributed by atoms with Gasteiger partial charge in [0.15, 0.2) is 0 Å². The molecule has 0 spiro atoms. The SMILES string of the molecule is COC1CNC(C(=O)N2CCCC2C(C)C)C1. The maximum atomic E-state index is 12.4. The number of methoxy groups -OCH3 is 1. The van der Waals surface area contributed by atoms with Crippen molar-refractivity contribution in [2.24, 2.45) is 5.92 Å². The molecule has 1 amide bonds. The Morgan fingerprint density at radius 2 is 2.24 bits per heavy atom. The van der Waals surface area contributed by atoms with Crippen molar-refractivity contribution in [3.8, 4) is 0 Å². The molecule has 0 aromatic carbocycles. The lowest BCUT2D eigenvalue weighted by Gasteiger charge is -2.30. The summed E-state index contributed by atoms with van der Waals surface area (Å²) in [7, 11) is 1.71. The van der Waals surface area contributed by atoms with Gasteiger partial charge in [0.2, 0.25) is 5.91 Å². The van der Waals surface area contributed by atoms with E-state index in [4.69, 9.17) is 4.74 Å². The summed E-state index contributed by atoms with van der Waals surface area (Å²) in [5, 5.41) is 3.28. The van der Waals surface area contributed by atoms with Gasteiger partial charge in [0.05, 0.1) is 12.1 Å². The second-order valence-corrected chi connectivity index (χ2v) is 5.54. The molecule has 0 saturated carbocycles. The van der Waals surface area contributed by atoms with Crippen LogP contribution >= 0.6 is 0 Å². The maximum Gasteiger partial charge on any atom is 0.240 e. The van der Waals surface area contributed by atoms with Crippen LogP contribution in [0.5, 0.6) is 0 Å². The molecule has 4 nitrogen and oxygen atoms in total. The fourth-order valence-electron chi connectivity index (χ4n) is 3.03. The monoisotopic (exact) mass is 240 g/mol. The molecule has 1 N–H and O–H groups in total. The van der Waals surface area contributed by atoms with E-state index in [-0.39, 0.29) is 18.1 Å². The molecule has 2 rings (SSSR count). The molecular formula is C13H24N2O2. The molecule has 2 aliphatic rings. The van der Waals surface area contributed by atoms with Crippen LogP contribution < -0.4 is 5.32 Å². The van der Waals surface area contributed by atoms with Gasteiger partial charge in [-0.25, -0.2) is 0 Å². The zero-order valence-electron chi connectivity index (χ0n) is 11.1. The third-order valence-electron chi connectivity index (χ3n) is 4.07. The van der Waals surface area contributed by atoms with Crippen LogP contribution in [0.4, 0.5) is 0 Å². The Kier molecular flexibility index (Phi) is 4.05. The Labute approximate surface area is 104 Å². The first-order chi connectivity index (χ1) is 8.13. The molecule has 3 atom stereocenters. The van der Waals surface area contributed by atoms with Crippen LogP contribution in [0.2, 0.25) is 0 Å². The number of likely N-dealkylation sites (tertiary alicyclic amines) is 1. The number of nitrogens with one attached hydrogen (secondary N) is 1. The van der Waals surface area contributed by atoms with E-state index in [1.54, 1.807) is 7.11 Å². The standard InChI is InChI=1S/C13H24N2O2/c1-9(2)12-5-4-6-15(12)13(16)11-7-10(17-3)8-14-11/h9-12,14H,4-8H2,1-3H3. The first-order valence-electron chi connectivity index (χ1n) is 6.70. The Morgan fingerprint density at radius 3 is 2.82 bits per heavy atom. The number of rotatable bonds is 3. The predicted molar refractivity (Wildman–Crippen MR) is 66.8 cm³/mol. The molecule has 2 heterocycles. The highest BCUT2D eigenvalue weighted by molar-refractivity contribution is 5.83. The van der Waals surface area contributed by atoms with Crippen molar-refractivity contribution in [2.75, 3.05) is 20.2 Å². The Morgan fingerprint density at radius 1 is 1.47 bits per heavy atom. The van der Waals surface area contributed by atoms with E-state index in [1.807, 2.05) is 0 Å². The number of carbonyl (C=O) groups is 1. The molecule has 98 valence electrons. The van der Waals surface area contributed by atoms with Crippen molar-refractivity contribution < 1.29 is 9.53 Å². The normalized spacial score (nSPS) is 33.6. The number of hydrogen-bond acceptors (Lipinski definition) is 3. The minimum atomic E-state index is -0.0284. The topological polar surface area (TPSA) is 41.6 Å². The molecule has 0 aromatic heterocycles. The van der Waals surface area contributed by atoms with Crippen LogP contribution in [-0.2, 0) is 9.53 Å². The van der Waals surface area contributed by atoms with Gasteiger partial charge in [-0.1, -0.05) is 13.8 Å². The van der Waals surface area contributed by atoms with Gasteiger partial charge in [0.25, 0.3) is 0 Å². The third kappa shape index (κ3) is 2.63. The van der Waals surface area contributed by atoms with Gasteiger partial charge in [-0.3, -0.25) is 4.79 Å². The molecule has 17 heavy (non-hydrogen) atoms. The van der Waals surface area contributed by atoms with Crippen molar-refractivity contribution in [2.45, 2.75) is 51.3 Å². The van der Waals surface area contributed by atoms with Gasteiger partial charge < -0.3 is 15.0 Å². The third-order valence-corrected chi connectivity index (χ3v) is 4.07. The minimum absolute atomic E-state index is 0.0284. The number of amides is 1. The van der Waals surface area contributed by atoms with Gasteiger partial charge in [0, 0.05) is 26.2 Å². The lowest BCUT2D eigenvalue weighted by molar-refractivity contribution is -0.134. The van der Waals surface area contributed by atoms with Crippen LogP contribution in [0, 0.1) is 5.92 Å². The lowest BCUT2D eigenvalue weighted by Crippen LogP contribution is -2.47. The first kappa shape index (κ1) is 12.8. The molecular weight excluding hydrogens is 216 g/mol. The molecule has 0 aromatic rings. The fourth-order valence-corrected chi connectivity index (χ4v) is 3.03. The number of hydrogen-bond donors (Lipinski definition) is 1. The van der Waals surface area contributed by atoms with Crippen LogP contribution in [0.15, 0.2) is 0 Å². The molecule has 2 fully saturated rings. The zero-order valence-corrected chi connectivity index (χ0v) is 11.1. The molecule has 0 bridgehead atoms. The summed E-state index contributed by atoms with van der Waals surface area (Å²) < 4.78 is 5.30. The Balaban J connectivity index is 1.95. The zero-order chi connectivity index (χ0) is 12.4. The molecule has 0 radical (unpaired) electrons. The van der Waals surface area contributed by atoms with Crippen LogP contribution in [0.3, 0.4) is 0 Å². The van der Waals surface area contributed by atoms with Crippen molar-refractivity contribution in [1.82, 2.24) is 10.2 Å². The van der Waals surface area contributed by atoms with Crippen molar-refractivity contribution >= 4 is 5.91 Å². The summed E-state index contributed by atoms with van der Waals surface area (Å²) in [6, 6.07) is 0.408. The fraction of sp³-hybridized carbons (Fsp3) is 0.923. The second kappa shape index (κ2) is 5.36. The Bertz CT molecular complexity index is 281. The summed E-state index contributed by atoms with van der Waals surface area (Å²) in [4.78, 5) is 14.5. The van der Waals surface area contributed by atoms with E-state index < -0.39 is 0 Å². The predicted octanol–water partition coefficient (Wildman–Crippen LogP) is 1.01. The molecule has 2 saturated heterocycles. The average molecular weight is 240 g/mol. The van der Waals surface area contributed by atoms with Crippen LogP contribution in [0.1, 0.15) is 33.1 Å². The smallest absolute Gasteiger partial charge is 0.240 e. The van der Waals surface area contributed by atoms with Gasteiger partial charge >= 0.3 is 0 Å². The highest BCUT2D eigenvalue weighted by Crippen LogP contribution is 2.25. The van der Waals surface area contributed by atoms with Crippen molar-refractivity contribution in [3.05, 3.63) is 0 Å². The molecule has 4 heteroatoms. The van der Waals surface area contributed by atoms with Gasteiger partial charge in [-0.2, -0.15) is 0 Å². The lowest BCUT2D eigenvalue weighted by atomic mass is 10.0. The first-order valence-corrected chi connectivity index (χ1v) is 6.70. The molecule has 3 unspecified atom stereocenters. The van der Waals surface area contributed by atoms with Crippen molar-refractivity contribution in [1.29, 1.82) is 0 Å². The van der Waals surface area contributed by atoms with Crippen LogP contribution in [0.25, 0.3) is 0 Å². The summed E-state index contributed by atoms with van der Waals surface area (Å²) in [6.07, 6.45) is 3.32. The summed E-state index contributed by atoms with van der Waals surface area (Å²) in [5.74, 6) is 0.835. The van der Waals surface area contributed by atoms with E-state index in [2.05, 4.69) is 24.1 Å².